The number of nitrogens with one attached hydrogen (secondary N) is 1. The van der Waals surface area contributed by atoms with Gasteiger partial charge in [0.05, 0.1) is 12.9 Å². The molecule has 7 heteroatoms. The number of hydrogen-bond donors (Lipinski definition) is 1. The second-order valence-corrected chi connectivity index (χ2v) is 5.97. The fourth-order valence-corrected chi connectivity index (χ4v) is 2.35. The third-order valence-electron chi connectivity index (χ3n) is 2.65. The molecule has 0 saturated heterocycles. The number of carbonyl (C=O) groups excluding carboxylic acids is 1. The summed E-state index contributed by atoms with van der Waals surface area (Å²) in [5, 5.41) is 0.678. The van der Waals surface area contributed by atoms with Gasteiger partial charge >= 0.3 is 16.1 Å². The van der Waals surface area contributed by atoms with E-state index in [4.69, 9.17) is 8.92 Å². The fourth-order valence-electron chi connectivity index (χ4n) is 1.84. The number of benzene rings is 1. The molecule has 1 aromatic heterocycles. The number of ether oxygens (including phenoxy) is 1. The van der Waals surface area contributed by atoms with E-state index < -0.39 is 16.1 Å². The number of aryl methyl sites for hydroxylation is 1. The van der Waals surface area contributed by atoms with Gasteiger partial charge in [0.2, 0.25) is 0 Å². The minimum Gasteiger partial charge on any atom is -0.461 e. The standard InChI is InChI=1S/C13H15NO5S/c1-4-18-13(15)11-6-9-7-12(19-20(3,16)17)8(2)5-10(9)14-11/h5-7,14H,4H2,1-3H3. The summed E-state index contributed by atoms with van der Waals surface area (Å²) < 4.78 is 32.2. The van der Waals surface area contributed by atoms with E-state index in [0.717, 1.165) is 6.26 Å². The number of aromatic nitrogens is 1. The zero-order chi connectivity index (χ0) is 14.9. The minimum atomic E-state index is -3.59. The van der Waals surface area contributed by atoms with Gasteiger partial charge in [0.15, 0.2) is 0 Å². The summed E-state index contributed by atoms with van der Waals surface area (Å²) in [4.78, 5) is 14.6. The van der Waals surface area contributed by atoms with Crippen molar-refractivity contribution in [1.29, 1.82) is 0 Å². The Bertz CT molecular complexity index is 760. The van der Waals surface area contributed by atoms with Crippen LogP contribution in [-0.2, 0) is 14.9 Å². The molecule has 0 bridgehead atoms. The predicted octanol–water partition coefficient (Wildman–Crippen LogP) is 1.99. The Hall–Kier alpha value is -2.02. The summed E-state index contributed by atoms with van der Waals surface area (Å²) in [5.74, 6) is -0.207. The lowest BCUT2D eigenvalue weighted by Crippen LogP contribution is -2.06. The second-order valence-electron chi connectivity index (χ2n) is 4.40. The van der Waals surface area contributed by atoms with Crippen LogP contribution in [-0.4, -0.2) is 32.2 Å². The maximum absolute atomic E-state index is 11.6. The van der Waals surface area contributed by atoms with Crippen LogP contribution in [0.3, 0.4) is 0 Å². The summed E-state index contributed by atoms with van der Waals surface area (Å²) in [6.07, 6.45) is 0.984. The van der Waals surface area contributed by atoms with Crippen LogP contribution in [0.25, 0.3) is 10.9 Å². The molecular weight excluding hydrogens is 282 g/mol. The average molecular weight is 297 g/mol. The first kappa shape index (κ1) is 14.4. The monoisotopic (exact) mass is 297 g/mol. The fraction of sp³-hybridized carbons (Fsp3) is 0.308. The summed E-state index contributed by atoms with van der Waals surface area (Å²) in [5.41, 5.74) is 1.68. The number of fused-ring (bicyclic) bond motifs is 1. The maximum atomic E-state index is 11.6. The van der Waals surface area contributed by atoms with Crippen LogP contribution in [0, 0.1) is 6.92 Å². The zero-order valence-corrected chi connectivity index (χ0v) is 12.2. The maximum Gasteiger partial charge on any atom is 0.354 e. The van der Waals surface area contributed by atoms with Gasteiger partial charge in [-0.3, -0.25) is 0 Å². The number of H-pyrrole nitrogens is 1. The molecule has 0 fully saturated rings. The molecule has 0 radical (unpaired) electrons. The predicted molar refractivity (Wildman–Crippen MR) is 74.5 cm³/mol. The third-order valence-corrected chi connectivity index (χ3v) is 3.14. The Morgan fingerprint density at radius 3 is 2.60 bits per heavy atom. The van der Waals surface area contributed by atoms with Crippen LogP contribution < -0.4 is 4.18 Å². The molecule has 6 nitrogen and oxygen atoms in total. The van der Waals surface area contributed by atoms with E-state index in [-0.39, 0.29) is 12.4 Å². The lowest BCUT2D eigenvalue weighted by Gasteiger charge is -2.06. The first-order valence-corrected chi connectivity index (χ1v) is 7.81. The van der Waals surface area contributed by atoms with Gasteiger partial charge in [-0.05, 0) is 37.6 Å². The Morgan fingerprint density at radius 2 is 2.00 bits per heavy atom. The van der Waals surface area contributed by atoms with Gasteiger partial charge in [-0.25, -0.2) is 4.79 Å². The highest BCUT2D eigenvalue weighted by Crippen LogP contribution is 2.27. The lowest BCUT2D eigenvalue weighted by molar-refractivity contribution is 0.0520. The van der Waals surface area contributed by atoms with Gasteiger partial charge in [0, 0.05) is 10.9 Å². The number of esters is 1. The van der Waals surface area contributed by atoms with Gasteiger partial charge in [-0.1, -0.05) is 0 Å². The molecule has 0 amide bonds. The van der Waals surface area contributed by atoms with E-state index in [1.54, 1.807) is 32.0 Å². The minimum absolute atomic E-state index is 0.245. The molecule has 0 aliphatic rings. The molecule has 108 valence electrons. The zero-order valence-electron chi connectivity index (χ0n) is 11.4. The second kappa shape index (κ2) is 5.16. The summed E-state index contributed by atoms with van der Waals surface area (Å²) in [6.45, 7) is 3.74. The number of hydrogen-bond acceptors (Lipinski definition) is 5. The topological polar surface area (TPSA) is 85.5 Å². The van der Waals surface area contributed by atoms with Crippen molar-refractivity contribution in [3.63, 3.8) is 0 Å². The van der Waals surface area contributed by atoms with Gasteiger partial charge in [0.25, 0.3) is 0 Å². The van der Waals surface area contributed by atoms with Crippen molar-refractivity contribution in [1.82, 2.24) is 4.98 Å². The molecule has 2 aromatic rings. The summed E-state index contributed by atoms with van der Waals surface area (Å²) in [6, 6.07) is 4.89. The molecule has 0 atom stereocenters. The molecule has 0 aliphatic heterocycles. The van der Waals surface area contributed by atoms with Crippen molar-refractivity contribution in [2.24, 2.45) is 0 Å². The Morgan fingerprint density at radius 1 is 1.30 bits per heavy atom. The van der Waals surface area contributed by atoms with E-state index in [0.29, 0.717) is 22.2 Å². The van der Waals surface area contributed by atoms with Crippen molar-refractivity contribution in [2.75, 3.05) is 12.9 Å². The summed E-state index contributed by atoms with van der Waals surface area (Å²) >= 11 is 0. The van der Waals surface area contributed by atoms with Crippen molar-refractivity contribution >= 4 is 27.0 Å². The molecule has 1 aromatic carbocycles. The van der Waals surface area contributed by atoms with Crippen LogP contribution in [0.15, 0.2) is 18.2 Å². The van der Waals surface area contributed by atoms with Crippen LogP contribution >= 0.6 is 0 Å². The average Bonchev–Trinajstić information content (AvgIpc) is 2.71. The molecule has 2 rings (SSSR count). The van der Waals surface area contributed by atoms with Crippen LogP contribution in [0.1, 0.15) is 23.0 Å². The first-order valence-electron chi connectivity index (χ1n) is 6.00. The van der Waals surface area contributed by atoms with E-state index >= 15 is 0 Å². The Balaban J connectivity index is 2.46. The Labute approximate surface area is 116 Å². The van der Waals surface area contributed by atoms with E-state index in [9.17, 15) is 13.2 Å². The molecule has 1 heterocycles. The van der Waals surface area contributed by atoms with E-state index in [1.165, 1.54) is 0 Å². The molecule has 1 N–H and O–H groups in total. The molecular formula is C13H15NO5S. The van der Waals surface area contributed by atoms with Gasteiger partial charge in [-0.15, -0.1) is 0 Å². The molecule has 0 unspecified atom stereocenters. The van der Waals surface area contributed by atoms with Crippen molar-refractivity contribution in [3.8, 4) is 5.75 Å². The van der Waals surface area contributed by atoms with Crippen molar-refractivity contribution in [3.05, 3.63) is 29.5 Å². The van der Waals surface area contributed by atoms with Crippen LogP contribution in [0.4, 0.5) is 0 Å². The van der Waals surface area contributed by atoms with Crippen LogP contribution in [0.5, 0.6) is 5.75 Å². The van der Waals surface area contributed by atoms with Gasteiger partial charge < -0.3 is 13.9 Å². The van der Waals surface area contributed by atoms with Crippen LogP contribution in [0.2, 0.25) is 0 Å². The number of carbonyl (C=O) groups is 1. The quantitative estimate of drug-likeness (QED) is 0.689. The Kier molecular flexibility index (Phi) is 3.71. The SMILES string of the molecule is CCOC(=O)c1cc2cc(OS(C)(=O)=O)c(C)cc2[nH]1. The molecule has 0 spiro atoms. The molecule has 20 heavy (non-hydrogen) atoms. The van der Waals surface area contributed by atoms with Gasteiger partial charge in [0.1, 0.15) is 11.4 Å². The molecule has 0 saturated carbocycles. The van der Waals surface area contributed by atoms with Gasteiger partial charge in [-0.2, -0.15) is 8.42 Å². The van der Waals surface area contributed by atoms with Crippen molar-refractivity contribution in [2.45, 2.75) is 13.8 Å². The van der Waals surface area contributed by atoms with E-state index in [1.807, 2.05) is 0 Å². The summed E-state index contributed by atoms with van der Waals surface area (Å²) in [7, 11) is -3.59. The highest BCUT2D eigenvalue weighted by atomic mass is 32.2. The molecule has 0 aliphatic carbocycles. The largest absolute Gasteiger partial charge is 0.461 e. The number of rotatable bonds is 4. The normalized spacial score (nSPS) is 11.6. The number of aromatic amines is 1. The lowest BCUT2D eigenvalue weighted by atomic mass is 10.1. The highest BCUT2D eigenvalue weighted by molar-refractivity contribution is 7.86. The first-order chi connectivity index (χ1) is 9.30. The third kappa shape index (κ3) is 3.11. The smallest absolute Gasteiger partial charge is 0.354 e. The highest BCUT2D eigenvalue weighted by Gasteiger charge is 2.14. The van der Waals surface area contributed by atoms with Crippen molar-refractivity contribution < 1.29 is 22.1 Å². The van der Waals surface area contributed by atoms with E-state index in [2.05, 4.69) is 4.98 Å².